The van der Waals surface area contributed by atoms with Crippen LogP contribution in [0.1, 0.15) is 12.0 Å². The molecule has 2 N–H and O–H groups in total. The molecule has 0 radical (unpaired) electrons. The zero-order valence-electron chi connectivity index (χ0n) is 11.6. The Labute approximate surface area is 137 Å². The van der Waals surface area contributed by atoms with Gasteiger partial charge in [0.05, 0.1) is 0 Å². The summed E-state index contributed by atoms with van der Waals surface area (Å²) < 4.78 is 1.00. The lowest BCUT2D eigenvalue weighted by Gasteiger charge is -2.09. The number of hydrogen-bond donors (Lipinski definition) is 2. The largest absolute Gasteiger partial charge is 0.384 e. The van der Waals surface area contributed by atoms with Crippen LogP contribution in [0, 0.1) is 6.92 Å². The first-order valence-corrected chi connectivity index (χ1v) is 7.77. The maximum atomic E-state index is 11.8. The van der Waals surface area contributed by atoms with Gasteiger partial charge in [0.15, 0.2) is 0 Å². The van der Waals surface area contributed by atoms with E-state index in [2.05, 4.69) is 26.6 Å². The standard InChI is InChI=1S/C16H16BrClN2O/c1-11-2-7-15(14(17)10-11)19-9-8-16(21)20-13-5-3-12(18)4-6-13/h2-7,10,19H,8-9H2,1H3,(H,20,21). The Balaban J connectivity index is 1.80. The van der Waals surface area contributed by atoms with Crippen molar-refractivity contribution in [3.63, 3.8) is 0 Å². The maximum Gasteiger partial charge on any atom is 0.226 e. The molecule has 2 aromatic rings. The summed E-state index contributed by atoms with van der Waals surface area (Å²) in [5.74, 6) is -0.0342. The van der Waals surface area contributed by atoms with Gasteiger partial charge in [-0.2, -0.15) is 0 Å². The van der Waals surface area contributed by atoms with Crippen LogP contribution in [0.15, 0.2) is 46.9 Å². The van der Waals surface area contributed by atoms with Gasteiger partial charge in [-0.3, -0.25) is 4.79 Å². The van der Waals surface area contributed by atoms with Gasteiger partial charge in [0, 0.05) is 33.8 Å². The summed E-state index contributed by atoms with van der Waals surface area (Å²) >= 11 is 9.30. The van der Waals surface area contributed by atoms with Gasteiger partial charge in [0.1, 0.15) is 0 Å². The molecule has 0 fully saturated rings. The number of anilines is 2. The zero-order valence-corrected chi connectivity index (χ0v) is 14.0. The SMILES string of the molecule is Cc1ccc(NCCC(=O)Nc2ccc(Cl)cc2)c(Br)c1. The molecule has 2 aromatic carbocycles. The van der Waals surface area contributed by atoms with Crippen LogP contribution in [0.3, 0.4) is 0 Å². The number of benzene rings is 2. The lowest BCUT2D eigenvalue weighted by Crippen LogP contribution is -2.16. The maximum absolute atomic E-state index is 11.8. The van der Waals surface area contributed by atoms with E-state index in [1.807, 2.05) is 25.1 Å². The first kappa shape index (κ1) is 15.9. The van der Waals surface area contributed by atoms with E-state index < -0.39 is 0 Å². The number of aryl methyl sites for hydroxylation is 1. The van der Waals surface area contributed by atoms with Crippen molar-refractivity contribution in [3.05, 3.63) is 57.5 Å². The summed E-state index contributed by atoms with van der Waals surface area (Å²) in [4.78, 5) is 11.8. The Morgan fingerprint density at radius 2 is 1.90 bits per heavy atom. The average Bonchev–Trinajstić information content (AvgIpc) is 2.44. The number of halogens is 2. The van der Waals surface area contributed by atoms with Crippen LogP contribution in [0.5, 0.6) is 0 Å². The highest BCUT2D eigenvalue weighted by Crippen LogP contribution is 2.23. The molecule has 0 atom stereocenters. The lowest BCUT2D eigenvalue weighted by atomic mass is 10.2. The minimum Gasteiger partial charge on any atom is -0.384 e. The van der Waals surface area contributed by atoms with Crippen LogP contribution in [0.2, 0.25) is 5.02 Å². The van der Waals surface area contributed by atoms with Crippen LogP contribution < -0.4 is 10.6 Å². The van der Waals surface area contributed by atoms with Gasteiger partial charge in [-0.15, -0.1) is 0 Å². The van der Waals surface area contributed by atoms with Gasteiger partial charge >= 0.3 is 0 Å². The second-order valence-electron chi connectivity index (χ2n) is 4.72. The second kappa shape index (κ2) is 7.48. The molecular weight excluding hydrogens is 352 g/mol. The molecule has 0 saturated heterocycles. The molecule has 0 aliphatic rings. The highest BCUT2D eigenvalue weighted by Gasteiger charge is 2.04. The third-order valence-electron chi connectivity index (χ3n) is 2.92. The molecule has 0 heterocycles. The van der Waals surface area contributed by atoms with Gasteiger partial charge in [-0.1, -0.05) is 17.7 Å². The van der Waals surface area contributed by atoms with Crippen LogP contribution in [-0.2, 0) is 4.79 Å². The van der Waals surface area contributed by atoms with Gasteiger partial charge < -0.3 is 10.6 Å². The number of carbonyl (C=O) groups is 1. The highest BCUT2D eigenvalue weighted by molar-refractivity contribution is 9.10. The van der Waals surface area contributed by atoms with Crippen LogP contribution in [0.25, 0.3) is 0 Å². The van der Waals surface area contributed by atoms with Crippen molar-refractivity contribution in [3.8, 4) is 0 Å². The number of nitrogens with one attached hydrogen (secondary N) is 2. The van der Waals surface area contributed by atoms with Crippen LogP contribution in [0.4, 0.5) is 11.4 Å². The summed E-state index contributed by atoms with van der Waals surface area (Å²) in [7, 11) is 0. The molecule has 0 aliphatic heterocycles. The van der Waals surface area contributed by atoms with Crippen molar-refractivity contribution in [1.82, 2.24) is 0 Å². The quantitative estimate of drug-likeness (QED) is 0.793. The van der Waals surface area contributed by atoms with Gasteiger partial charge in [0.2, 0.25) is 5.91 Å². The molecule has 1 amide bonds. The molecule has 2 rings (SSSR count). The summed E-state index contributed by atoms with van der Waals surface area (Å²) in [6.07, 6.45) is 0.392. The number of rotatable bonds is 5. The minimum absolute atomic E-state index is 0.0342. The Morgan fingerprint density at radius 3 is 2.57 bits per heavy atom. The molecule has 0 aliphatic carbocycles. The Hall–Kier alpha value is -1.52. The lowest BCUT2D eigenvalue weighted by molar-refractivity contribution is -0.115. The van der Waals surface area contributed by atoms with E-state index in [0.717, 1.165) is 15.8 Å². The molecule has 0 aromatic heterocycles. The van der Waals surface area contributed by atoms with Crippen molar-refractivity contribution < 1.29 is 4.79 Å². The summed E-state index contributed by atoms with van der Waals surface area (Å²) in [5, 5.41) is 6.72. The van der Waals surface area contributed by atoms with Gasteiger partial charge in [0.25, 0.3) is 0 Å². The van der Waals surface area contributed by atoms with Crippen LogP contribution in [-0.4, -0.2) is 12.5 Å². The molecule has 0 saturated carbocycles. The topological polar surface area (TPSA) is 41.1 Å². The summed E-state index contributed by atoms with van der Waals surface area (Å²) in [5.41, 5.74) is 2.92. The molecule has 21 heavy (non-hydrogen) atoms. The molecule has 110 valence electrons. The molecule has 0 bridgehead atoms. The van der Waals surface area contributed by atoms with E-state index in [9.17, 15) is 4.79 Å². The summed E-state index contributed by atoms with van der Waals surface area (Å²) in [6.45, 7) is 2.61. The molecule has 3 nitrogen and oxygen atoms in total. The molecule has 0 unspecified atom stereocenters. The predicted octanol–water partition coefficient (Wildman–Crippen LogP) is 4.85. The second-order valence-corrected chi connectivity index (χ2v) is 6.01. The smallest absolute Gasteiger partial charge is 0.226 e. The normalized spacial score (nSPS) is 10.2. The molecule has 0 spiro atoms. The van der Waals surface area contributed by atoms with E-state index in [1.165, 1.54) is 5.56 Å². The Bertz CT molecular complexity index is 629. The third-order valence-corrected chi connectivity index (χ3v) is 3.83. The van der Waals surface area contributed by atoms with Crippen molar-refractivity contribution in [2.45, 2.75) is 13.3 Å². The number of hydrogen-bond acceptors (Lipinski definition) is 2. The Kier molecular flexibility index (Phi) is 5.65. The van der Waals surface area contributed by atoms with Crippen molar-refractivity contribution in [1.29, 1.82) is 0 Å². The fourth-order valence-electron chi connectivity index (χ4n) is 1.83. The van der Waals surface area contributed by atoms with Gasteiger partial charge in [-0.05, 0) is 64.8 Å². The van der Waals surface area contributed by atoms with E-state index in [1.54, 1.807) is 24.3 Å². The third kappa shape index (κ3) is 5.06. The first-order chi connectivity index (χ1) is 10.0. The van der Waals surface area contributed by atoms with E-state index in [-0.39, 0.29) is 5.91 Å². The van der Waals surface area contributed by atoms with E-state index in [4.69, 9.17) is 11.6 Å². The fourth-order valence-corrected chi connectivity index (χ4v) is 2.59. The van der Waals surface area contributed by atoms with Crippen molar-refractivity contribution >= 4 is 44.8 Å². The highest BCUT2D eigenvalue weighted by atomic mass is 79.9. The zero-order chi connectivity index (χ0) is 15.2. The van der Waals surface area contributed by atoms with E-state index in [0.29, 0.717) is 18.0 Å². The fraction of sp³-hybridized carbons (Fsp3) is 0.188. The average molecular weight is 368 g/mol. The number of carbonyl (C=O) groups excluding carboxylic acids is 1. The Morgan fingerprint density at radius 1 is 1.19 bits per heavy atom. The minimum atomic E-state index is -0.0342. The monoisotopic (exact) mass is 366 g/mol. The van der Waals surface area contributed by atoms with Crippen molar-refractivity contribution in [2.24, 2.45) is 0 Å². The van der Waals surface area contributed by atoms with Crippen molar-refractivity contribution in [2.75, 3.05) is 17.2 Å². The van der Waals surface area contributed by atoms with E-state index >= 15 is 0 Å². The summed E-state index contributed by atoms with van der Waals surface area (Å²) in [6, 6.07) is 13.1. The predicted molar refractivity (Wildman–Crippen MR) is 92.1 cm³/mol. The molecule has 5 heteroatoms. The number of amides is 1. The molecular formula is C16H16BrClN2O. The van der Waals surface area contributed by atoms with Gasteiger partial charge in [-0.25, -0.2) is 0 Å². The first-order valence-electron chi connectivity index (χ1n) is 6.60. The van der Waals surface area contributed by atoms with Crippen LogP contribution >= 0.6 is 27.5 Å².